The van der Waals surface area contributed by atoms with Crippen molar-refractivity contribution in [2.45, 2.75) is 0 Å². The summed E-state index contributed by atoms with van der Waals surface area (Å²) < 4.78 is 5.00. The Morgan fingerprint density at radius 3 is 2.79 bits per heavy atom. The number of nitrogens with zero attached hydrogens (tertiary/aromatic N) is 3. The van der Waals surface area contributed by atoms with E-state index in [1.165, 1.54) is 11.3 Å². The Balaban J connectivity index is 2.39. The van der Waals surface area contributed by atoms with E-state index in [4.69, 9.17) is 4.52 Å². The van der Waals surface area contributed by atoms with Crippen LogP contribution in [0.4, 0.5) is 5.95 Å². The van der Waals surface area contributed by atoms with Crippen LogP contribution in [0, 0.1) is 0 Å². The molecule has 5 nitrogen and oxygen atoms in total. The highest BCUT2D eigenvalue weighted by molar-refractivity contribution is 7.13. The van der Waals surface area contributed by atoms with E-state index >= 15 is 0 Å². The minimum absolute atomic E-state index is 0.170. The van der Waals surface area contributed by atoms with Crippen molar-refractivity contribution in [1.82, 2.24) is 10.1 Å². The average molecular weight is 211 g/mol. The molecule has 0 aliphatic carbocycles. The molecule has 0 saturated heterocycles. The Hall–Kier alpha value is -1.56. The third-order valence-corrected chi connectivity index (χ3v) is 2.55. The molecule has 2 rings (SSSR count). The Bertz CT molecular complexity index is 435. The zero-order valence-electron chi connectivity index (χ0n) is 7.76. The van der Waals surface area contributed by atoms with Gasteiger partial charge in [0.1, 0.15) is 10.6 Å². The maximum Gasteiger partial charge on any atom is 0.273 e. The molecule has 0 aliphatic rings. The van der Waals surface area contributed by atoms with Gasteiger partial charge in [0.25, 0.3) is 11.8 Å². The maximum atomic E-state index is 9.42. The number of anilines is 1. The van der Waals surface area contributed by atoms with Crippen molar-refractivity contribution in [2.75, 3.05) is 19.0 Å². The molecular formula is C8H9N3O2S. The first-order chi connectivity index (χ1) is 6.68. The van der Waals surface area contributed by atoms with Crippen LogP contribution in [0.25, 0.3) is 10.8 Å². The number of aromatic nitrogens is 2. The van der Waals surface area contributed by atoms with E-state index in [0.29, 0.717) is 16.7 Å². The smallest absolute Gasteiger partial charge is 0.273 e. The van der Waals surface area contributed by atoms with Crippen LogP contribution in [-0.4, -0.2) is 29.3 Å². The van der Waals surface area contributed by atoms with E-state index in [-0.39, 0.29) is 5.75 Å². The molecule has 0 amide bonds. The van der Waals surface area contributed by atoms with Crippen LogP contribution < -0.4 is 4.90 Å². The number of aromatic hydroxyl groups is 1. The van der Waals surface area contributed by atoms with Crippen molar-refractivity contribution in [3.05, 3.63) is 11.4 Å². The number of hydrogen-bond acceptors (Lipinski definition) is 6. The lowest BCUT2D eigenvalue weighted by molar-refractivity contribution is 0.426. The van der Waals surface area contributed by atoms with Gasteiger partial charge < -0.3 is 14.5 Å². The molecule has 0 spiro atoms. The van der Waals surface area contributed by atoms with Gasteiger partial charge in [0.05, 0.1) is 0 Å². The molecule has 0 aromatic carbocycles. The molecule has 14 heavy (non-hydrogen) atoms. The zero-order chi connectivity index (χ0) is 10.1. The fourth-order valence-corrected chi connectivity index (χ4v) is 1.66. The van der Waals surface area contributed by atoms with Gasteiger partial charge in [-0.15, -0.1) is 11.3 Å². The van der Waals surface area contributed by atoms with Crippen LogP contribution in [0.5, 0.6) is 5.75 Å². The monoisotopic (exact) mass is 211 g/mol. The van der Waals surface area contributed by atoms with Crippen molar-refractivity contribution < 1.29 is 9.63 Å². The summed E-state index contributed by atoms with van der Waals surface area (Å²) in [7, 11) is 3.64. The van der Waals surface area contributed by atoms with Crippen molar-refractivity contribution in [2.24, 2.45) is 0 Å². The summed E-state index contributed by atoms with van der Waals surface area (Å²) in [5.74, 6) is 1.01. The highest BCUT2D eigenvalue weighted by Gasteiger charge is 2.14. The summed E-state index contributed by atoms with van der Waals surface area (Å²) in [5, 5.41) is 14.9. The van der Waals surface area contributed by atoms with Gasteiger partial charge in [0.15, 0.2) is 0 Å². The lowest BCUT2D eigenvalue weighted by Crippen LogP contribution is -2.09. The van der Waals surface area contributed by atoms with Crippen LogP contribution in [-0.2, 0) is 0 Å². The molecule has 0 saturated carbocycles. The van der Waals surface area contributed by atoms with Gasteiger partial charge in [-0.1, -0.05) is 0 Å². The second kappa shape index (κ2) is 3.30. The lowest BCUT2D eigenvalue weighted by atomic mass is 10.4. The Kier molecular flexibility index (Phi) is 2.12. The van der Waals surface area contributed by atoms with E-state index in [0.717, 1.165) is 0 Å². The first-order valence-corrected chi connectivity index (χ1v) is 4.84. The Labute approximate surface area is 84.6 Å². The normalized spacial score (nSPS) is 10.4. The molecule has 6 heteroatoms. The lowest BCUT2D eigenvalue weighted by Gasteiger charge is -2.02. The molecule has 0 fully saturated rings. The second-order valence-corrected chi connectivity index (χ2v) is 3.85. The first-order valence-electron chi connectivity index (χ1n) is 3.96. The number of rotatable bonds is 2. The molecule has 2 aromatic heterocycles. The largest absolute Gasteiger partial charge is 0.506 e. The predicted molar refractivity (Wildman–Crippen MR) is 53.6 cm³/mol. The van der Waals surface area contributed by atoms with E-state index in [1.54, 1.807) is 16.3 Å². The fourth-order valence-electron chi connectivity index (χ4n) is 0.952. The Morgan fingerprint density at radius 2 is 2.29 bits per heavy atom. The first kappa shape index (κ1) is 9.01. The average Bonchev–Trinajstić information content (AvgIpc) is 2.71. The quantitative estimate of drug-likeness (QED) is 0.816. The van der Waals surface area contributed by atoms with Crippen LogP contribution in [0.3, 0.4) is 0 Å². The molecule has 0 bridgehead atoms. The van der Waals surface area contributed by atoms with Gasteiger partial charge in [0, 0.05) is 14.1 Å². The van der Waals surface area contributed by atoms with Gasteiger partial charge in [-0.25, -0.2) is 0 Å². The predicted octanol–water partition coefficient (Wildman–Crippen LogP) is 1.57. The third kappa shape index (κ3) is 1.44. The molecule has 74 valence electrons. The van der Waals surface area contributed by atoms with Gasteiger partial charge in [-0.2, -0.15) is 4.98 Å². The molecule has 2 aromatic rings. The molecule has 0 unspecified atom stereocenters. The van der Waals surface area contributed by atoms with E-state index < -0.39 is 0 Å². The molecule has 0 atom stereocenters. The van der Waals surface area contributed by atoms with E-state index in [1.807, 2.05) is 14.1 Å². The van der Waals surface area contributed by atoms with Crippen LogP contribution in [0.2, 0.25) is 0 Å². The Morgan fingerprint density at radius 1 is 1.50 bits per heavy atom. The SMILES string of the molecule is CN(C)c1noc(-c2sccc2O)n1. The van der Waals surface area contributed by atoms with Crippen molar-refractivity contribution >= 4 is 17.3 Å². The highest BCUT2D eigenvalue weighted by atomic mass is 32.1. The third-order valence-electron chi connectivity index (χ3n) is 1.65. The minimum atomic E-state index is 0.170. The zero-order valence-corrected chi connectivity index (χ0v) is 8.58. The fraction of sp³-hybridized carbons (Fsp3) is 0.250. The summed E-state index contributed by atoms with van der Waals surface area (Å²) in [5.41, 5.74) is 0. The van der Waals surface area contributed by atoms with E-state index in [2.05, 4.69) is 10.1 Å². The van der Waals surface area contributed by atoms with Crippen LogP contribution in [0.1, 0.15) is 0 Å². The van der Waals surface area contributed by atoms with Gasteiger partial charge in [0.2, 0.25) is 0 Å². The highest BCUT2D eigenvalue weighted by Crippen LogP contribution is 2.33. The summed E-state index contributed by atoms with van der Waals surface area (Å²) in [6, 6.07) is 1.60. The van der Waals surface area contributed by atoms with Gasteiger partial charge >= 0.3 is 0 Å². The molecule has 0 radical (unpaired) electrons. The van der Waals surface area contributed by atoms with Crippen molar-refractivity contribution in [1.29, 1.82) is 0 Å². The summed E-state index contributed by atoms with van der Waals surface area (Å²) in [6.45, 7) is 0. The minimum Gasteiger partial charge on any atom is -0.506 e. The standard InChI is InChI=1S/C8H9N3O2S/c1-11(2)8-9-7(13-10-8)6-5(12)3-4-14-6/h3-4,12H,1-2H3. The van der Waals surface area contributed by atoms with E-state index in [9.17, 15) is 5.11 Å². The van der Waals surface area contributed by atoms with Gasteiger partial charge in [-0.05, 0) is 16.6 Å². The summed E-state index contributed by atoms with van der Waals surface area (Å²) in [4.78, 5) is 6.45. The van der Waals surface area contributed by atoms with Crippen LogP contribution in [0.15, 0.2) is 16.0 Å². The molecular weight excluding hydrogens is 202 g/mol. The number of hydrogen-bond donors (Lipinski definition) is 1. The maximum absolute atomic E-state index is 9.42. The van der Waals surface area contributed by atoms with Crippen molar-refractivity contribution in [3.63, 3.8) is 0 Å². The summed E-state index contributed by atoms with van der Waals surface area (Å²) in [6.07, 6.45) is 0. The topological polar surface area (TPSA) is 62.4 Å². The molecule has 2 heterocycles. The van der Waals surface area contributed by atoms with Crippen molar-refractivity contribution in [3.8, 4) is 16.5 Å². The molecule has 1 N–H and O–H groups in total. The summed E-state index contributed by atoms with van der Waals surface area (Å²) >= 11 is 1.36. The van der Waals surface area contributed by atoms with Crippen LogP contribution >= 0.6 is 11.3 Å². The molecule has 0 aliphatic heterocycles. The number of thiophene rings is 1. The second-order valence-electron chi connectivity index (χ2n) is 2.93. The van der Waals surface area contributed by atoms with Gasteiger partial charge in [-0.3, -0.25) is 0 Å².